The van der Waals surface area contributed by atoms with Gasteiger partial charge in [-0.05, 0) is 12.8 Å². The zero-order chi connectivity index (χ0) is 17.9. The zero-order valence-corrected chi connectivity index (χ0v) is 15.8. The number of amides is 2. The number of carbonyl (C=O) groups is 1. The third-order valence-corrected chi connectivity index (χ3v) is 5.07. The van der Waals surface area contributed by atoms with Crippen molar-refractivity contribution in [2.75, 3.05) is 26.2 Å². The normalized spacial score (nSPS) is 20.7. The monoisotopic (exact) mass is 349 g/mol. The Labute approximate surface area is 150 Å². The number of piperazine rings is 1. The first-order chi connectivity index (χ1) is 11.9. The quantitative estimate of drug-likeness (QED) is 0.908. The molecule has 1 N–H and O–H groups in total. The lowest BCUT2D eigenvalue weighted by atomic mass is 9.96. The highest BCUT2D eigenvalue weighted by Gasteiger charge is 2.26. The summed E-state index contributed by atoms with van der Waals surface area (Å²) in [5.41, 5.74) is -0.124. The van der Waals surface area contributed by atoms with E-state index in [-0.39, 0.29) is 11.4 Å². The van der Waals surface area contributed by atoms with Crippen LogP contribution < -0.4 is 5.32 Å². The zero-order valence-electron chi connectivity index (χ0n) is 15.8. The number of nitrogens with one attached hydrogen (secondary N) is 1. The summed E-state index contributed by atoms with van der Waals surface area (Å²) >= 11 is 0. The van der Waals surface area contributed by atoms with Gasteiger partial charge in [0.15, 0.2) is 5.82 Å². The van der Waals surface area contributed by atoms with Crippen LogP contribution in [0.25, 0.3) is 0 Å². The van der Waals surface area contributed by atoms with Crippen molar-refractivity contribution in [3.8, 4) is 0 Å². The molecule has 1 aromatic heterocycles. The third-order valence-electron chi connectivity index (χ3n) is 5.07. The standard InChI is InChI=1S/C18H31N5O2/c1-18(2,3)16-20-15(21-25-16)13-22-9-11-23(12-10-22)17(24)19-14-7-5-4-6-8-14/h14H,4-13H2,1-3H3,(H,19,24). The van der Waals surface area contributed by atoms with Crippen LogP contribution in [0.3, 0.4) is 0 Å². The minimum Gasteiger partial charge on any atom is -0.339 e. The van der Waals surface area contributed by atoms with Crippen LogP contribution in [0, 0.1) is 0 Å². The number of hydrogen-bond donors (Lipinski definition) is 1. The van der Waals surface area contributed by atoms with Crippen LogP contribution >= 0.6 is 0 Å². The smallest absolute Gasteiger partial charge is 0.317 e. The molecule has 7 nitrogen and oxygen atoms in total. The minimum absolute atomic E-state index is 0.0983. The minimum atomic E-state index is -0.124. The maximum Gasteiger partial charge on any atom is 0.317 e. The first-order valence-corrected chi connectivity index (χ1v) is 9.53. The van der Waals surface area contributed by atoms with Gasteiger partial charge in [0.1, 0.15) is 0 Å². The summed E-state index contributed by atoms with van der Waals surface area (Å²) in [5, 5.41) is 7.29. The summed E-state index contributed by atoms with van der Waals surface area (Å²) in [6.07, 6.45) is 6.03. The van der Waals surface area contributed by atoms with E-state index in [4.69, 9.17) is 4.52 Å². The number of nitrogens with zero attached hydrogens (tertiary/aromatic N) is 4. The fourth-order valence-electron chi connectivity index (χ4n) is 3.44. The van der Waals surface area contributed by atoms with Crippen molar-refractivity contribution in [2.45, 2.75) is 70.9 Å². The molecule has 0 aromatic carbocycles. The topological polar surface area (TPSA) is 74.5 Å². The fourth-order valence-corrected chi connectivity index (χ4v) is 3.44. The molecular formula is C18H31N5O2. The molecule has 140 valence electrons. The molecule has 0 spiro atoms. The summed E-state index contributed by atoms with van der Waals surface area (Å²) in [5.74, 6) is 1.40. The van der Waals surface area contributed by atoms with Gasteiger partial charge in [-0.2, -0.15) is 4.98 Å². The van der Waals surface area contributed by atoms with E-state index in [1.165, 1.54) is 19.3 Å². The Hall–Kier alpha value is -1.63. The summed E-state index contributed by atoms with van der Waals surface area (Å²) in [6, 6.07) is 0.468. The van der Waals surface area contributed by atoms with E-state index >= 15 is 0 Å². The van der Waals surface area contributed by atoms with Gasteiger partial charge in [-0.3, -0.25) is 4.90 Å². The van der Waals surface area contributed by atoms with Gasteiger partial charge in [-0.1, -0.05) is 45.2 Å². The summed E-state index contributed by atoms with van der Waals surface area (Å²) in [7, 11) is 0. The van der Waals surface area contributed by atoms with Crippen molar-refractivity contribution in [1.29, 1.82) is 0 Å². The second-order valence-electron chi connectivity index (χ2n) is 8.31. The summed E-state index contributed by atoms with van der Waals surface area (Å²) in [4.78, 5) is 21.1. The van der Waals surface area contributed by atoms with Crippen molar-refractivity contribution in [3.05, 3.63) is 11.7 Å². The van der Waals surface area contributed by atoms with E-state index in [1.807, 2.05) is 4.90 Å². The van der Waals surface area contributed by atoms with E-state index in [0.717, 1.165) is 44.8 Å². The van der Waals surface area contributed by atoms with E-state index in [9.17, 15) is 4.79 Å². The Morgan fingerprint density at radius 3 is 2.44 bits per heavy atom. The van der Waals surface area contributed by atoms with Gasteiger partial charge < -0.3 is 14.7 Å². The van der Waals surface area contributed by atoms with Gasteiger partial charge in [0.05, 0.1) is 6.54 Å². The highest BCUT2D eigenvalue weighted by Crippen LogP contribution is 2.20. The average Bonchev–Trinajstić information content (AvgIpc) is 3.05. The maximum absolute atomic E-state index is 12.4. The van der Waals surface area contributed by atoms with E-state index in [2.05, 4.69) is 41.1 Å². The second-order valence-corrected chi connectivity index (χ2v) is 8.31. The molecule has 0 unspecified atom stereocenters. The molecule has 1 aliphatic carbocycles. The predicted molar refractivity (Wildman–Crippen MR) is 95.3 cm³/mol. The number of aromatic nitrogens is 2. The molecule has 1 saturated heterocycles. The van der Waals surface area contributed by atoms with Crippen LogP contribution in [0.15, 0.2) is 4.52 Å². The third kappa shape index (κ3) is 4.93. The molecule has 1 aliphatic heterocycles. The van der Waals surface area contributed by atoms with E-state index in [1.54, 1.807) is 0 Å². The molecule has 2 heterocycles. The van der Waals surface area contributed by atoms with E-state index in [0.29, 0.717) is 18.5 Å². The SMILES string of the molecule is CC(C)(C)c1nc(CN2CCN(C(=O)NC3CCCCC3)CC2)no1. The molecule has 3 rings (SSSR count). The lowest BCUT2D eigenvalue weighted by Gasteiger charge is -2.35. The van der Waals surface area contributed by atoms with Crippen molar-refractivity contribution in [3.63, 3.8) is 0 Å². The van der Waals surface area contributed by atoms with Crippen molar-refractivity contribution < 1.29 is 9.32 Å². The molecule has 7 heteroatoms. The van der Waals surface area contributed by atoms with Crippen molar-refractivity contribution >= 4 is 6.03 Å². The highest BCUT2D eigenvalue weighted by atomic mass is 16.5. The van der Waals surface area contributed by atoms with Crippen LogP contribution in [0.4, 0.5) is 4.79 Å². The lowest BCUT2D eigenvalue weighted by molar-refractivity contribution is 0.129. The van der Waals surface area contributed by atoms with Gasteiger partial charge in [0.25, 0.3) is 0 Å². The molecule has 1 saturated carbocycles. The summed E-state index contributed by atoms with van der Waals surface area (Å²) in [6.45, 7) is 10.1. The predicted octanol–water partition coefficient (Wildman–Crippen LogP) is 2.53. The molecule has 0 atom stereocenters. The Kier molecular flexibility index (Phi) is 5.61. The molecule has 0 radical (unpaired) electrons. The Bertz CT molecular complexity index is 566. The van der Waals surface area contributed by atoms with Gasteiger partial charge >= 0.3 is 6.03 Å². The Balaban J connectivity index is 1.43. The molecule has 2 aliphatic rings. The first-order valence-electron chi connectivity index (χ1n) is 9.53. The second kappa shape index (κ2) is 7.72. The number of hydrogen-bond acceptors (Lipinski definition) is 5. The Morgan fingerprint density at radius 2 is 1.84 bits per heavy atom. The van der Waals surface area contributed by atoms with Crippen LogP contribution in [0.5, 0.6) is 0 Å². The van der Waals surface area contributed by atoms with Crippen LogP contribution in [0.1, 0.15) is 64.6 Å². The molecular weight excluding hydrogens is 318 g/mol. The van der Waals surface area contributed by atoms with Crippen LogP contribution in [-0.4, -0.2) is 58.2 Å². The number of rotatable bonds is 3. The first kappa shape index (κ1) is 18.2. The van der Waals surface area contributed by atoms with Crippen LogP contribution in [0.2, 0.25) is 0 Å². The molecule has 25 heavy (non-hydrogen) atoms. The highest BCUT2D eigenvalue weighted by molar-refractivity contribution is 5.74. The lowest BCUT2D eigenvalue weighted by Crippen LogP contribution is -2.53. The maximum atomic E-state index is 12.4. The fraction of sp³-hybridized carbons (Fsp3) is 0.833. The van der Waals surface area contributed by atoms with Gasteiger partial charge in [-0.15, -0.1) is 0 Å². The van der Waals surface area contributed by atoms with Crippen molar-refractivity contribution in [1.82, 2.24) is 25.3 Å². The van der Waals surface area contributed by atoms with Crippen molar-refractivity contribution in [2.24, 2.45) is 0 Å². The van der Waals surface area contributed by atoms with Gasteiger partial charge in [0, 0.05) is 37.6 Å². The molecule has 2 amide bonds. The van der Waals surface area contributed by atoms with Crippen LogP contribution in [-0.2, 0) is 12.0 Å². The van der Waals surface area contributed by atoms with E-state index < -0.39 is 0 Å². The average molecular weight is 349 g/mol. The number of urea groups is 1. The molecule has 2 fully saturated rings. The molecule has 0 bridgehead atoms. The Morgan fingerprint density at radius 1 is 1.16 bits per heavy atom. The summed E-state index contributed by atoms with van der Waals surface area (Å²) < 4.78 is 5.35. The number of carbonyl (C=O) groups excluding carboxylic acids is 1. The molecule has 1 aromatic rings. The van der Waals surface area contributed by atoms with Gasteiger partial charge in [0.2, 0.25) is 5.89 Å². The largest absolute Gasteiger partial charge is 0.339 e. The van der Waals surface area contributed by atoms with Gasteiger partial charge in [-0.25, -0.2) is 4.79 Å².